The fraction of sp³-hybridized carbons (Fsp3) is 0.111. The molecular formula is C18H11ClN2O6S2. The summed E-state index contributed by atoms with van der Waals surface area (Å²) in [5.74, 6) is 0.717. The maximum Gasteiger partial charge on any atom is 0.280 e. The summed E-state index contributed by atoms with van der Waals surface area (Å²) < 4.78 is 15.9. The van der Waals surface area contributed by atoms with Crippen LogP contribution in [0.15, 0.2) is 35.2 Å². The van der Waals surface area contributed by atoms with E-state index in [4.69, 9.17) is 38.0 Å². The second kappa shape index (κ2) is 7.54. The summed E-state index contributed by atoms with van der Waals surface area (Å²) in [6.07, 6.45) is 1.42. The van der Waals surface area contributed by atoms with E-state index >= 15 is 0 Å². The third-order valence-electron chi connectivity index (χ3n) is 4.19. The highest BCUT2D eigenvalue weighted by Crippen LogP contribution is 2.42. The average Bonchev–Trinajstić information content (AvgIpc) is 3.24. The van der Waals surface area contributed by atoms with Gasteiger partial charge in [-0.3, -0.25) is 19.8 Å². The normalized spacial score (nSPS) is 16.6. The summed E-state index contributed by atoms with van der Waals surface area (Å²) in [5, 5.41) is 11.8. The first-order valence-electron chi connectivity index (χ1n) is 8.08. The molecule has 8 nitrogen and oxygen atoms in total. The molecule has 2 aromatic carbocycles. The number of hydrogen-bond donors (Lipinski definition) is 0. The van der Waals surface area contributed by atoms with Gasteiger partial charge in [0.25, 0.3) is 11.6 Å². The topological polar surface area (TPSA) is 91.1 Å². The number of methoxy groups -OCH3 is 1. The summed E-state index contributed by atoms with van der Waals surface area (Å²) in [4.78, 5) is 25.4. The smallest absolute Gasteiger partial charge is 0.280 e. The van der Waals surface area contributed by atoms with Gasteiger partial charge in [0.15, 0.2) is 15.8 Å². The number of rotatable bonds is 4. The Labute approximate surface area is 179 Å². The Morgan fingerprint density at radius 3 is 2.69 bits per heavy atom. The number of anilines is 1. The lowest BCUT2D eigenvalue weighted by Gasteiger charge is -2.15. The quantitative estimate of drug-likeness (QED) is 0.293. The van der Waals surface area contributed by atoms with Gasteiger partial charge in [0.1, 0.15) is 5.75 Å². The molecule has 0 bridgehead atoms. The molecule has 0 aliphatic carbocycles. The molecular weight excluding hydrogens is 440 g/mol. The van der Waals surface area contributed by atoms with Gasteiger partial charge in [-0.05, 0) is 30.3 Å². The maximum atomic E-state index is 13.0. The molecule has 0 unspecified atom stereocenters. The van der Waals surface area contributed by atoms with Crippen LogP contribution in [-0.4, -0.2) is 29.1 Å². The predicted molar refractivity (Wildman–Crippen MR) is 113 cm³/mol. The van der Waals surface area contributed by atoms with E-state index in [1.165, 1.54) is 30.2 Å². The zero-order chi connectivity index (χ0) is 20.7. The zero-order valence-electron chi connectivity index (χ0n) is 14.7. The molecule has 2 aliphatic rings. The number of hydrogen-bond acceptors (Lipinski definition) is 8. The van der Waals surface area contributed by atoms with Gasteiger partial charge >= 0.3 is 0 Å². The van der Waals surface area contributed by atoms with Crippen molar-refractivity contribution >= 4 is 63.3 Å². The molecule has 29 heavy (non-hydrogen) atoms. The van der Waals surface area contributed by atoms with Gasteiger partial charge in [-0.1, -0.05) is 35.6 Å². The lowest BCUT2D eigenvalue weighted by molar-refractivity contribution is -0.385. The van der Waals surface area contributed by atoms with E-state index < -0.39 is 10.8 Å². The molecule has 0 saturated carbocycles. The van der Waals surface area contributed by atoms with Gasteiger partial charge in [0, 0.05) is 0 Å². The van der Waals surface area contributed by atoms with Crippen molar-refractivity contribution in [3.63, 3.8) is 0 Å². The third kappa shape index (κ3) is 3.50. The number of carbonyl (C=O) groups excluding carboxylic acids is 1. The van der Waals surface area contributed by atoms with Gasteiger partial charge in [-0.25, -0.2) is 0 Å². The van der Waals surface area contributed by atoms with E-state index in [1.807, 2.05) is 0 Å². The lowest BCUT2D eigenvalue weighted by Crippen LogP contribution is -2.27. The molecule has 0 N–H and O–H groups in total. The molecule has 0 aromatic heterocycles. The van der Waals surface area contributed by atoms with E-state index in [-0.39, 0.29) is 33.0 Å². The van der Waals surface area contributed by atoms with Gasteiger partial charge in [0.2, 0.25) is 6.79 Å². The highest BCUT2D eigenvalue weighted by Gasteiger charge is 2.34. The Morgan fingerprint density at radius 2 is 2.03 bits per heavy atom. The molecule has 148 valence electrons. The largest absolute Gasteiger partial charge is 0.495 e. The van der Waals surface area contributed by atoms with Crippen LogP contribution in [-0.2, 0) is 4.79 Å². The first-order chi connectivity index (χ1) is 13.9. The molecule has 1 fully saturated rings. The number of nitro benzene ring substituents is 1. The first-order valence-corrected chi connectivity index (χ1v) is 9.69. The summed E-state index contributed by atoms with van der Waals surface area (Å²) in [6.45, 7) is -0.0176. The van der Waals surface area contributed by atoms with Crippen LogP contribution in [0, 0.1) is 10.1 Å². The van der Waals surface area contributed by atoms with E-state index in [0.717, 1.165) is 11.8 Å². The minimum atomic E-state index is -0.544. The van der Waals surface area contributed by atoms with Crippen molar-refractivity contribution in [3.8, 4) is 17.2 Å². The van der Waals surface area contributed by atoms with Gasteiger partial charge < -0.3 is 14.2 Å². The van der Waals surface area contributed by atoms with Crippen LogP contribution in [0.4, 0.5) is 11.4 Å². The second-order valence-electron chi connectivity index (χ2n) is 5.86. The molecule has 11 heteroatoms. The summed E-state index contributed by atoms with van der Waals surface area (Å²) in [7, 11) is 1.49. The van der Waals surface area contributed by atoms with Crippen LogP contribution in [0.2, 0.25) is 5.02 Å². The molecule has 4 rings (SSSR count). The predicted octanol–water partition coefficient (Wildman–Crippen LogP) is 4.39. The van der Waals surface area contributed by atoms with Crippen molar-refractivity contribution in [3.05, 3.63) is 55.9 Å². The van der Waals surface area contributed by atoms with Gasteiger partial charge in [-0.15, -0.1) is 0 Å². The number of nitro groups is 1. The van der Waals surface area contributed by atoms with Crippen molar-refractivity contribution in [2.45, 2.75) is 0 Å². The summed E-state index contributed by atoms with van der Waals surface area (Å²) in [6, 6.07) is 7.59. The summed E-state index contributed by atoms with van der Waals surface area (Å²) >= 11 is 12.5. The zero-order valence-corrected chi connectivity index (χ0v) is 17.1. The Kier molecular flexibility index (Phi) is 5.07. The second-order valence-corrected chi connectivity index (χ2v) is 7.94. The van der Waals surface area contributed by atoms with Crippen molar-refractivity contribution in [2.24, 2.45) is 0 Å². The van der Waals surface area contributed by atoms with Gasteiger partial charge in [-0.2, -0.15) is 0 Å². The first kappa shape index (κ1) is 19.5. The number of amides is 1. The Hall–Kier alpha value is -2.82. The van der Waals surface area contributed by atoms with Crippen LogP contribution >= 0.6 is 35.6 Å². The molecule has 0 spiro atoms. The van der Waals surface area contributed by atoms with Crippen molar-refractivity contribution in [1.29, 1.82) is 0 Å². The Bertz CT molecular complexity index is 1100. The lowest BCUT2D eigenvalue weighted by atomic mass is 10.1. The number of fused-ring (bicyclic) bond motifs is 1. The number of thioether (sulfide) groups is 1. The number of carbonyl (C=O) groups is 1. The third-order valence-corrected chi connectivity index (χ3v) is 5.79. The number of nitrogens with zero attached hydrogens (tertiary/aromatic N) is 2. The van der Waals surface area contributed by atoms with Gasteiger partial charge in [0.05, 0.1) is 39.3 Å². The van der Waals surface area contributed by atoms with Crippen LogP contribution < -0.4 is 19.1 Å². The number of benzene rings is 2. The van der Waals surface area contributed by atoms with E-state index in [9.17, 15) is 14.9 Å². The van der Waals surface area contributed by atoms with Crippen molar-refractivity contribution in [2.75, 3.05) is 18.8 Å². The highest BCUT2D eigenvalue weighted by atomic mass is 35.5. The average molecular weight is 451 g/mol. The molecule has 2 aliphatic heterocycles. The molecule has 1 amide bonds. The Balaban J connectivity index is 1.72. The summed E-state index contributed by atoms with van der Waals surface area (Å²) in [5.41, 5.74) is 0.487. The van der Waals surface area contributed by atoms with E-state index in [2.05, 4.69) is 0 Å². The minimum Gasteiger partial charge on any atom is -0.495 e. The minimum absolute atomic E-state index is 0.0176. The van der Waals surface area contributed by atoms with Crippen molar-refractivity contribution < 1.29 is 23.9 Å². The van der Waals surface area contributed by atoms with Crippen LogP contribution in [0.3, 0.4) is 0 Å². The van der Waals surface area contributed by atoms with E-state index in [0.29, 0.717) is 22.2 Å². The molecule has 2 heterocycles. The van der Waals surface area contributed by atoms with E-state index in [1.54, 1.807) is 18.2 Å². The monoisotopic (exact) mass is 450 g/mol. The van der Waals surface area contributed by atoms with Crippen LogP contribution in [0.25, 0.3) is 6.08 Å². The van der Waals surface area contributed by atoms with Crippen LogP contribution in [0.5, 0.6) is 17.2 Å². The SMILES string of the molecule is COc1ccc(N2C(=O)/C(=C/c3cc4c(cc3[N+](=O)[O-])OCO4)SC2=S)cc1Cl. The van der Waals surface area contributed by atoms with Crippen molar-refractivity contribution in [1.82, 2.24) is 0 Å². The fourth-order valence-corrected chi connectivity index (χ4v) is 4.39. The molecule has 2 aromatic rings. The maximum absolute atomic E-state index is 13.0. The highest BCUT2D eigenvalue weighted by molar-refractivity contribution is 8.27. The Morgan fingerprint density at radius 1 is 1.31 bits per heavy atom. The standard InChI is InChI=1S/C18H11ClN2O6S2/c1-25-13-3-2-10(6-11(13)19)20-17(22)16(29-18(20)28)5-9-4-14-15(27-8-26-14)7-12(9)21(23)24/h2-7H,8H2,1H3/b16-5-. The van der Waals surface area contributed by atoms with Crippen LogP contribution in [0.1, 0.15) is 5.56 Å². The number of halogens is 1. The molecule has 1 saturated heterocycles. The number of ether oxygens (including phenoxy) is 3. The molecule has 0 radical (unpaired) electrons. The molecule has 0 atom stereocenters. The number of thiocarbonyl (C=S) groups is 1. The fourth-order valence-electron chi connectivity index (χ4n) is 2.85.